The second kappa shape index (κ2) is 5.03. The van der Waals surface area contributed by atoms with Gasteiger partial charge in [-0.25, -0.2) is 0 Å². The molecule has 0 spiro atoms. The third-order valence-electron chi connectivity index (χ3n) is 4.75. The van der Waals surface area contributed by atoms with Gasteiger partial charge in [-0.3, -0.25) is 0 Å². The summed E-state index contributed by atoms with van der Waals surface area (Å²) in [5, 5.41) is 13.3. The smallest absolute Gasteiger partial charge is 0.192 e. The SMILES string of the molecule is CC1(C)O[C@H]2[C@H](CN([O-])[C@@H]2CO[Si](C)(C)C(C)(C)C)O1. The lowest BCUT2D eigenvalue weighted by Gasteiger charge is -2.40. The summed E-state index contributed by atoms with van der Waals surface area (Å²) in [6.45, 7) is 15.6. The van der Waals surface area contributed by atoms with Crippen LogP contribution in [0.25, 0.3) is 0 Å². The van der Waals surface area contributed by atoms with Gasteiger partial charge in [0, 0.05) is 12.6 Å². The van der Waals surface area contributed by atoms with E-state index in [-0.39, 0.29) is 23.3 Å². The van der Waals surface area contributed by atoms with Crippen LogP contribution in [-0.4, -0.2) is 50.6 Å². The van der Waals surface area contributed by atoms with Crippen molar-refractivity contribution in [2.24, 2.45) is 0 Å². The van der Waals surface area contributed by atoms with Crippen molar-refractivity contribution in [2.75, 3.05) is 13.2 Å². The number of hydrogen-bond donors (Lipinski definition) is 0. The van der Waals surface area contributed by atoms with E-state index in [4.69, 9.17) is 13.9 Å². The predicted octanol–water partition coefficient (Wildman–Crippen LogP) is 2.71. The summed E-state index contributed by atoms with van der Waals surface area (Å²) in [6.07, 6.45) is -0.303. The topological polar surface area (TPSA) is 54.0 Å². The summed E-state index contributed by atoms with van der Waals surface area (Å²) in [4.78, 5) is 0. The predicted molar refractivity (Wildman–Crippen MR) is 80.8 cm³/mol. The van der Waals surface area contributed by atoms with Crippen LogP contribution in [0.15, 0.2) is 0 Å². The van der Waals surface area contributed by atoms with Crippen molar-refractivity contribution in [3.05, 3.63) is 5.21 Å². The molecule has 5 nitrogen and oxygen atoms in total. The van der Waals surface area contributed by atoms with Crippen molar-refractivity contribution in [2.45, 2.75) is 76.8 Å². The average Bonchev–Trinajstić information content (AvgIpc) is 2.64. The van der Waals surface area contributed by atoms with Gasteiger partial charge >= 0.3 is 0 Å². The number of hydrogen-bond acceptors (Lipinski definition) is 5. The lowest BCUT2D eigenvalue weighted by Crippen LogP contribution is -2.46. The van der Waals surface area contributed by atoms with Crippen molar-refractivity contribution >= 4 is 8.32 Å². The van der Waals surface area contributed by atoms with E-state index in [0.29, 0.717) is 13.2 Å². The van der Waals surface area contributed by atoms with Gasteiger partial charge in [0.05, 0.1) is 6.61 Å². The van der Waals surface area contributed by atoms with Gasteiger partial charge in [0.25, 0.3) is 0 Å². The minimum Gasteiger partial charge on any atom is -0.785 e. The first-order valence-electron chi connectivity index (χ1n) is 7.36. The monoisotopic (exact) mass is 302 g/mol. The van der Waals surface area contributed by atoms with Crippen LogP contribution in [0.4, 0.5) is 0 Å². The number of nitrogens with zero attached hydrogens (tertiary/aromatic N) is 1. The minimum absolute atomic E-state index is 0.129. The second-order valence-corrected chi connectivity index (χ2v) is 12.7. The fourth-order valence-corrected chi connectivity index (χ4v) is 3.52. The Morgan fingerprint density at radius 3 is 2.45 bits per heavy atom. The quantitative estimate of drug-likeness (QED) is 0.750. The van der Waals surface area contributed by atoms with Gasteiger partial charge in [0.2, 0.25) is 0 Å². The van der Waals surface area contributed by atoms with E-state index >= 15 is 0 Å². The summed E-state index contributed by atoms with van der Waals surface area (Å²) < 4.78 is 17.8. The third kappa shape index (κ3) is 3.10. The molecule has 0 aromatic rings. The maximum absolute atomic E-state index is 12.1. The van der Waals surface area contributed by atoms with E-state index < -0.39 is 14.1 Å². The lowest BCUT2D eigenvalue weighted by atomic mass is 10.1. The zero-order valence-electron chi connectivity index (χ0n) is 13.7. The maximum Gasteiger partial charge on any atom is 0.192 e. The molecular weight excluding hydrogens is 274 g/mol. The van der Waals surface area contributed by atoms with Crippen LogP contribution in [0.3, 0.4) is 0 Å². The fraction of sp³-hybridized carbons (Fsp3) is 1.00. The van der Waals surface area contributed by atoms with Crippen LogP contribution in [0, 0.1) is 5.21 Å². The van der Waals surface area contributed by atoms with Crippen LogP contribution in [-0.2, 0) is 13.9 Å². The normalized spacial score (nSPS) is 34.5. The first kappa shape index (κ1) is 16.4. The largest absolute Gasteiger partial charge is 0.785 e. The molecule has 20 heavy (non-hydrogen) atoms. The molecule has 6 heteroatoms. The molecule has 2 aliphatic heterocycles. The molecule has 0 N–H and O–H groups in total. The molecule has 118 valence electrons. The van der Waals surface area contributed by atoms with Crippen LogP contribution in [0.2, 0.25) is 18.1 Å². The standard InChI is InChI=1S/C14H28NO4Si/c1-13(2,3)20(6,7)17-9-10-12-11(8-15(10)16)18-14(4,5)19-12/h10-12H,8-9H2,1-7H3/q-1/t10-,11+,12-/m1/s1. The Labute approximate surface area is 123 Å². The summed E-state index contributed by atoms with van der Waals surface area (Å²) >= 11 is 0. The van der Waals surface area contributed by atoms with Crippen molar-refractivity contribution in [3.8, 4) is 0 Å². The van der Waals surface area contributed by atoms with Gasteiger partial charge in [0.1, 0.15) is 12.2 Å². The molecule has 0 bridgehead atoms. The summed E-state index contributed by atoms with van der Waals surface area (Å²) in [5.41, 5.74) is 0. The highest BCUT2D eigenvalue weighted by Crippen LogP contribution is 2.39. The molecule has 0 aromatic carbocycles. The second-order valence-electron chi connectivity index (χ2n) is 7.88. The van der Waals surface area contributed by atoms with Crippen molar-refractivity contribution < 1.29 is 13.9 Å². The third-order valence-corrected chi connectivity index (χ3v) is 9.25. The Balaban J connectivity index is 1.99. The molecule has 0 unspecified atom stereocenters. The van der Waals surface area contributed by atoms with E-state index in [1.807, 2.05) is 13.8 Å². The number of ether oxygens (including phenoxy) is 2. The summed E-state index contributed by atoms with van der Waals surface area (Å²) in [5.74, 6) is -0.591. The van der Waals surface area contributed by atoms with Crippen LogP contribution in [0.1, 0.15) is 34.6 Å². The molecule has 2 saturated heterocycles. The Bertz CT molecular complexity index is 367. The van der Waals surface area contributed by atoms with Gasteiger partial charge in [-0.1, -0.05) is 20.8 Å². The molecule has 2 rings (SSSR count). The maximum atomic E-state index is 12.1. The Hall–Kier alpha value is 0.0169. The zero-order valence-corrected chi connectivity index (χ0v) is 14.7. The highest BCUT2D eigenvalue weighted by atomic mass is 28.4. The first-order valence-corrected chi connectivity index (χ1v) is 10.3. The van der Waals surface area contributed by atoms with Gasteiger partial charge in [0.15, 0.2) is 14.1 Å². The molecule has 0 amide bonds. The summed E-state index contributed by atoms with van der Waals surface area (Å²) in [6, 6.07) is -0.254. The molecule has 2 fully saturated rings. The molecule has 2 aliphatic rings. The van der Waals surface area contributed by atoms with E-state index in [1.54, 1.807) is 0 Å². The molecule has 0 radical (unpaired) electrons. The van der Waals surface area contributed by atoms with Gasteiger partial charge < -0.3 is 24.2 Å². The summed E-state index contributed by atoms with van der Waals surface area (Å²) in [7, 11) is -1.84. The number of fused-ring (bicyclic) bond motifs is 1. The highest BCUT2D eigenvalue weighted by Gasteiger charge is 2.50. The van der Waals surface area contributed by atoms with E-state index in [1.165, 1.54) is 0 Å². The van der Waals surface area contributed by atoms with E-state index in [2.05, 4.69) is 33.9 Å². The zero-order chi connectivity index (χ0) is 15.3. The molecule has 0 aliphatic carbocycles. The van der Waals surface area contributed by atoms with Crippen molar-refractivity contribution in [1.82, 2.24) is 5.06 Å². The molecule has 3 atom stereocenters. The van der Waals surface area contributed by atoms with Gasteiger partial charge in [-0.2, -0.15) is 0 Å². The van der Waals surface area contributed by atoms with Gasteiger partial charge in [-0.05, 0) is 32.0 Å². The minimum atomic E-state index is -1.84. The molecular formula is C14H28NO4Si-. The van der Waals surface area contributed by atoms with E-state index in [9.17, 15) is 5.21 Å². The Kier molecular flexibility index (Phi) is 4.13. The first-order chi connectivity index (χ1) is 8.93. The Morgan fingerprint density at radius 1 is 1.30 bits per heavy atom. The average molecular weight is 302 g/mol. The van der Waals surface area contributed by atoms with Crippen molar-refractivity contribution in [1.29, 1.82) is 0 Å². The van der Waals surface area contributed by atoms with E-state index in [0.717, 1.165) is 5.06 Å². The Morgan fingerprint density at radius 2 is 1.90 bits per heavy atom. The molecule has 2 heterocycles. The molecule has 0 aromatic heterocycles. The van der Waals surface area contributed by atoms with Crippen LogP contribution < -0.4 is 0 Å². The van der Waals surface area contributed by atoms with Crippen LogP contribution in [0.5, 0.6) is 0 Å². The van der Waals surface area contributed by atoms with Gasteiger partial charge in [-0.15, -0.1) is 0 Å². The van der Waals surface area contributed by atoms with Crippen molar-refractivity contribution in [3.63, 3.8) is 0 Å². The van der Waals surface area contributed by atoms with Crippen LogP contribution >= 0.6 is 0 Å². The number of hydroxylamine groups is 2. The number of rotatable bonds is 3. The highest BCUT2D eigenvalue weighted by molar-refractivity contribution is 6.74. The lowest BCUT2D eigenvalue weighted by molar-refractivity contribution is -0.160. The molecule has 0 saturated carbocycles. The fourth-order valence-electron chi connectivity index (χ4n) is 2.50.